The molecule has 1 fully saturated rings. The predicted octanol–water partition coefficient (Wildman–Crippen LogP) is 1.98. The van der Waals surface area contributed by atoms with Crippen LogP contribution in [0.15, 0.2) is 30.3 Å². The number of carbonyl (C=O) groups is 1. The van der Waals surface area contributed by atoms with E-state index >= 15 is 0 Å². The van der Waals surface area contributed by atoms with Gasteiger partial charge in [-0.25, -0.2) is 0 Å². The highest BCUT2D eigenvalue weighted by Gasteiger charge is 2.28. The van der Waals surface area contributed by atoms with Crippen LogP contribution in [0, 0.1) is 5.92 Å². The van der Waals surface area contributed by atoms with Gasteiger partial charge >= 0.3 is 0 Å². The molecule has 1 saturated heterocycles. The number of amides is 1. The first kappa shape index (κ1) is 12.1. The Balaban J connectivity index is 2.04. The number of nitrogens with zero attached hydrogens (tertiary/aromatic N) is 1. The molecule has 1 aromatic rings. The zero-order valence-electron chi connectivity index (χ0n) is 10.2. The average Bonchev–Trinajstić information content (AvgIpc) is 2.91. The maximum absolute atomic E-state index is 12.1. The van der Waals surface area contributed by atoms with Gasteiger partial charge in [0.2, 0.25) is 5.91 Å². The Labute approximate surface area is 102 Å². The summed E-state index contributed by atoms with van der Waals surface area (Å²) in [6.07, 6.45) is 1.46. The molecule has 2 atom stereocenters. The molecule has 1 aliphatic rings. The van der Waals surface area contributed by atoms with Crippen LogP contribution in [0.1, 0.15) is 31.4 Å². The third-order valence-corrected chi connectivity index (χ3v) is 3.42. The maximum Gasteiger partial charge on any atom is 0.228 e. The SMILES string of the molecule is CC(C(=O)N1CCCC1)C(O)c1ccccc1. The molecule has 0 aliphatic carbocycles. The first-order valence-corrected chi connectivity index (χ1v) is 6.22. The van der Waals surface area contributed by atoms with Crippen LogP contribution < -0.4 is 0 Å². The molecule has 0 bridgehead atoms. The minimum absolute atomic E-state index is 0.0684. The van der Waals surface area contributed by atoms with E-state index < -0.39 is 6.10 Å². The summed E-state index contributed by atoms with van der Waals surface area (Å²) in [5.41, 5.74) is 0.813. The monoisotopic (exact) mass is 233 g/mol. The lowest BCUT2D eigenvalue weighted by atomic mass is 9.96. The van der Waals surface area contributed by atoms with Crippen molar-refractivity contribution in [3.63, 3.8) is 0 Å². The van der Waals surface area contributed by atoms with Crippen molar-refractivity contribution in [3.8, 4) is 0 Å². The Morgan fingerprint density at radius 3 is 2.41 bits per heavy atom. The summed E-state index contributed by atoms with van der Waals surface area (Å²) >= 11 is 0. The number of hydrogen-bond acceptors (Lipinski definition) is 2. The fourth-order valence-corrected chi connectivity index (χ4v) is 2.30. The van der Waals surface area contributed by atoms with Gasteiger partial charge in [0, 0.05) is 13.1 Å². The molecule has 0 aromatic heterocycles. The highest BCUT2D eigenvalue weighted by Crippen LogP contribution is 2.24. The van der Waals surface area contributed by atoms with Crippen molar-refractivity contribution in [2.45, 2.75) is 25.9 Å². The van der Waals surface area contributed by atoms with Gasteiger partial charge in [-0.2, -0.15) is 0 Å². The van der Waals surface area contributed by atoms with Crippen LogP contribution in [-0.4, -0.2) is 29.0 Å². The molecule has 0 radical (unpaired) electrons. The molecule has 1 amide bonds. The van der Waals surface area contributed by atoms with E-state index in [1.807, 2.05) is 35.2 Å². The van der Waals surface area contributed by atoms with E-state index in [0.717, 1.165) is 31.5 Å². The van der Waals surface area contributed by atoms with Crippen molar-refractivity contribution in [2.75, 3.05) is 13.1 Å². The van der Waals surface area contributed by atoms with Crippen LogP contribution in [0.3, 0.4) is 0 Å². The van der Waals surface area contributed by atoms with E-state index in [9.17, 15) is 9.90 Å². The van der Waals surface area contributed by atoms with Crippen molar-refractivity contribution in [3.05, 3.63) is 35.9 Å². The minimum atomic E-state index is -0.704. The second kappa shape index (κ2) is 5.32. The quantitative estimate of drug-likeness (QED) is 0.867. The van der Waals surface area contributed by atoms with Crippen LogP contribution >= 0.6 is 0 Å². The molecular formula is C14H19NO2. The van der Waals surface area contributed by atoms with Gasteiger partial charge in [-0.1, -0.05) is 37.3 Å². The molecular weight excluding hydrogens is 214 g/mol. The largest absolute Gasteiger partial charge is 0.388 e. The minimum Gasteiger partial charge on any atom is -0.388 e. The van der Waals surface area contributed by atoms with Crippen LogP contribution in [0.4, 0.5) is 0 Å². The van der Waals surface area contributed by atoms with Gasteiger partial charge in [0.05, 0.1) is 12.0 Å². The molecule has 17 heavy (non-hydrogen) atoms. The molecule has 2 unspecified atom stereocenters. The molecule has 3 heteroatoms. The molecule has 1 aliphatic heterocycles. The van der Waals surface area contributed by atoms with E-state index in [0.29, 0.717) is 0 Å². The highest BCUT2D eigenvalue weighted by atomic mass is 16.3. The van der Waals surface area contributed by atoms with E-state index in [4.69, 9.17) is 0 Å². The standard InChI is InChI=1S/C14H19NO2/c1-11(14(17)15-9-5-6-10-15)13(16)12-7-3-2-4-8-12/h2-4,7-8,11,13,16H,5-6,9-10H2,1H3. The second-order valence-corrected chi connectivity index (χ2v) is 4.68. The normalized spacial score (nSPS) is 19.1. The molecule has 3 nitrogen and oxygen atoms in total. The summed E-state index contributed by atoms with van der Waals surface area (Å²) in [5, 5.41) is 10.2. The lowest BCUT2D eigenvalue weighted by Crippen LogP contribution is -2.35. The third-order valence-electron chi connectivity index (χ3n) is 3.42. The summed E-state index contributed by atoms with van der Waals surface area (Å²) < 4.78 is 0. The zero-order valence-corrected chi connectivity index (χ0v) is 10.2. The van der Waals surface area contributed by atoms with Crippen molar-refractivity contribution in [2.24, 2.45) is 5.92 Å². The molecule has 1 aromatic carbocycles. The Bertz CT molecular complexity index is 371. The molecule has 92 valence electrons. The van der Waals surface area contributed by atoms with Crippen LogP contribution in [0.25, 0.3) is 0 Å². The fraction of sp³-hybridized carbons (Fsp3) is 0.500. The summed E-state index contributed by atoms with van der Waals surface area (Å²) in [6, 6.07) is 9.39. The van der Waals surface area contributed by atoms with E-state index in [1.54, 1.807) is 6.92 Å². The lowest BCUT2D eigenvalue weighted by molar-refractivity contribution is -0.137. The van der Waals surface area contributed by atoms with Crippen molar-refractivity contribution in [1.82, 2.24) is 4.90 Å². The zero-order chi connectivity index (χ0) is 12.3. The number of rotatable bonds is 3. The first-order valence-electron chi connectivity index (χ1n) is 6.22. The Morgan fingerprint density at radius 2 is 1.82 bits per heavy atom. The fourth-order valence-electron chi connectivity index (χ4n) is 2.30. The van der Waals surface area contributed by atoms with Gasteiger partial charge in [-0.3, -0.25) is 4.79 Å². The highest BCUT2D eigenvalue weighted by molar-refractivity contribution is 5.79. The smallest absolute Gasteiger partial charge is 0.228 e. The van der Waals surface area contributed by atoms with Gasteiger partial charge < -0.3 is 10.0 Å². The van der Waals surface area contributed by atoms with Crippen LogP contribution in [-0.2, 0) is 4.79 Å². The van der Waals surface area contributed by atoms with Gasteiger partial charge in [0.15, 0.2) is 0 Å². The summed E-state index contributed by atoms with van der Waals surface area (Å²) in [5.74, 6) is -0.297. The molecule has 1 N–H and O–H groups in total. The predicted molar refractivity (Wildman–Crippen MR) is 66.4 cm³/mol. The van der Waals surface area contributed by atoms with Gasteiger partial charge in [0.1, 0.15) is 0 Å². The lowest BCUT2D eigenvalue weighted by Gasteiger charge is -2.24. The number of carbonyl (C=O) groups excluding carboxylic acids is 1. The Hall–Kier alpha value is -1.35. The van der Waals surface area contributed by atoms with Gasteiger partial charge in [-0.15, -0.1) is 0 Å². The number of likely N-dealkylation sites (tertiary alicyclic amines) is 1. The van der Waals surface area contributed by atoms with Gasteiger partial charge in [0.25, 0.3) is 0 Å². The number of aliphatic hydroxyl groups is 1. The number of aliphatic hydroxyl groups excluding tert-OH is 1. The Morgan fingerprint density at radius 1 is 1.24 bits per heavy atom. The molecule has 1 heterocycles. The van der Waals surface area contributed by atoms with E-state index in [-0.39, 0.29) is 11.8 Å². The molecule has 2 rings (SSSR count). The summed E-state index contributed by atoms with van der Waals surface area (Å²) in [4.78, 5) is 14.0. The van der Waals surface area contributed by atoms with E-state index in [1.165, 1.54) is 0 Å². The van der Waals surface area contributed by atoms with Crippen LogP contribution in [0.2, 0.25) is 0 Å². The van der Waals surface area contributed by atoms with Gasteiger partial charge in [-0.05, 0) is 18.4 Å². The van der Waals surface area contributed by atoms with Crippen molar-refractivity contribution in [1.29, 1.82) is 0 Å². The topological polar surface area (TPSA) is 40.5 Å². The summed E-state index contributed by atoms with van der Waals surface area (Å²) in [6.45, 7) is 3.48. The maximum atomic E-state index is 12.1. The number of hydrogen-bond donors (Lipinski definition) is 1. The van der Waals surface area contributed by atoms with Crippen LogP contribution in [0.5, 0.6) is 0 Å². The molecule has 0 spiro atoms. The van der Waals surface area contributed by atoms with E-state index in [2.05, 4.69) is 0 Å². The molecule has 0 saturated carbocycles. The second-order valence-electron chi connectivity index (χ2n) is 4.68. The van der Waals surface area contributed by atoms with Crippen molar-refractivity contribution < 1.29 is 9.90 Å². The summed E-state index contributed by atoms with van der Waals surface area (Å²) in [7, 11) is 0. The first-order chi connectivity index (χ1) is 8.20. The number of benzene rings is 1. The Kier molecular flexibility index (Phi) is 3.79. The third kappa shape index (κ3) is 2.67. The average molecular weight is 233 g/mol. The van der Waals surface area contributed by atoms with Crippen molar-refractivity contribution >= 4 is 5.91 Å².